The molecule has 6 nitrogen and oxygen atoms in total. The average molecular weight is 463 g/mol. The van der Waals surface area contributed by atoms with Gasteiger partial charge in [0.1, 0.15) is 19.0 Å². The molecule has 0 aliphatic carbocycles. The van der Waals surface area contributed by atoms with Crippen LogP contribution in [0.4, 0.5) is 0 Å². The molecule has 9 heteroatoms. The highest BCUT2D eigenvalue weighted by Crippen LogP contribution is 2.18. The van der Waals surface area contributed by atoms with Gasteiger partial charge in [-0.15, -0.1) is 0 Å². The molecule has 170 valence electrons. The Balaban J connectivity index is 3.77. The van der Waals surface area contributed by atoms with Gasteiger partial charge in [-0.1, -0.05) is 25.1 Å². The standard InChI is InChI=1S/C20H42O6Si3/c1-17(2)20(22)24-16-18(21)15-23-12-10-14-27-13-9-11-19(25-28(3,4)5)26-29(6,7)8/h18-19,21H,1,9-16H2,2-8H3. The molecular formula is C20H42O6Si3. The number of aliphatic hydroxyl groups excluding tert-OH is 1. The van der Waals surface area contributed by atoms with Crippen molar-refractivity contribution in [3.63, 3.8) is 0 Å². The Morgan fingerprint density at radius 2 is 1.55 bits per heavy atom. The molecule has 0 saturated carbocycles. The van der Waals surface area contributed by atoms with Crippen molar-refractivity contribution in [2.24, 2.45) is 0 Å². The predicted molar refractivity (Wildman–Crippen MR) is 124 cm³/mol. The first-order valence-corrected chi connectivity index (χ1v) is 18.7. The van der Waals surface area contributed by atoms with E-state index in [9.17, 15) is 9.90 Å². The number of hydrogen-bond acceptors (Lipinski definition) is 6. The molecule has 0 amide bonds. The van der Waals surface area contributed by atoms with Gasteiger partial charge in [-0.05, 0) is 59.0 Å². The summed E-state index contributed by atoms with van der Waals surface area (Å²) in [6.07, 6.45) is 2.20. The molecule has 1 N–H and O–H groups in total. The molecule has 0 aliphatic heterocycles. The zero-order chi connectivity index (χ0) is 22.5. The van der Waals surface area contributed by atoms with Crippen molar-refractivity contribution in [1.82, 2.24) is 0 Å². The Hall–Kier alpha value is -0.299. The molecule has 2 radical (unpaired) electrons. The summed E-state index contributed by atoms with van der Waals surface area (Å²) < 4.78 is 22.8. The van der Waals surface area contributed by atoms with Gasteiger partial charge in [0.05, 0.1) is 6.61 Å². The SMILES string of the molecule is C=C(C)C(=O)OCC(O)COCCC[Si]CCCC(O[Si](C)(C)C)O[Si](C)(C)C. The summed E-state index contributed by atoms with van der Waals surface area (Å²) >= 11 is 0. The second-order valence-electron chi connectivity index (χ2n) is 9.24. The molecule has 0 spiro atoms. The zero-order valence-corrected chi connectivity index (χ0v) is 22.5. The maximum absolute atomic E-state index is 11.2. The molecule has 0 saturated heterocycles. The van der Waals surface area contributed by atoms with E-state index in [1.807, 2.05) is 0 Å². The van der Waals surface area contributed by atoms with Crippen molar-refractivity contribution in [2.45, 2.75) is 90.0 Å². The highest BCUT2D eigenvalue weighted by molar-refractivity contribution is 6.70. The van der Waals surface area contributed by atoms with E-state index in [0.29, 0.717) is 12.2 Å². The Kier molecular flexibility index (Phi) is 14.5. The van der Waals surface area contributed by atoms with E-state index in [2.05, 4.69) is 45.9 Å². The fraction of sp³-hybridized carbons (Fsp3) is 0.850. The molecule has 0 aromatic carbocycles. The van der Waals surface area contributed by atoms with Crippen LogP contribution in [0.25, 0.3) is 0 Å². The van der Waals surface area contributed by atoms with Gasteiger partial charge in [0.2, 0.25) is 0 Å². The van der Waals surface area contributed by atoms with Crippen molar-refractivity contribution >= 4 is 32.1 Å². The lowest BCUT2D eigenvalue weighted by molar-refractivity contribution is -0.143. The Bertz CT molecular complexity index is 458. The molecule has 0 rings (SSSR count). The summed E-state index contributed by atoms with van der Waals surface area (Å²) in [6.45, 7) is 19.0. The molecule has 0 aliphatic rings. The minimum atomic E-state index is -1.61. The predicted octanol–water partition coefficient (Wildman–Crippen LogP) is 4.22. The summed E-state index contributed by atoms with van der Waals surface area (Å²) in [5, 5.41) is 9.72. The van der Waals surface area contributed by atoms with Crippen molar-refractivity contribution in [3.8, 4) is 0 Å². The van der Waals surface area contributed by atoms with Crippen LogP contribution in [-0.4, -0.2) is 69.4 Å². The fourth-order valence-electron chi connectivity index (χ4n) is 2.31. The third kappa shape index (κ3) is 19.4. The fourth-order valence-corrected chi connectivity index (χ4v) is 5.42. The molecule has 0 aromatic heterocycles. The number of aliphatic hydroxyl groups is 1. The third-order valence-electron chi connectivity index (χ3n) is 3.47. The van der Waals surface area contributed by atoms with Gasteiger partial charge in [0, 0.05) is 21.7 Å². The van der Waals surface area contributed by atoms with Crippen molar-refractivity contribution in [2.75, 3.05) is 19.8 Å². The number of rotatable bonds is 17. The topological polar surface area (TPSA) is 74.2 Å². The van der Waals surface area contributed by atoms with Crippen LogP contribution in [0.1, 0.15) is 26.2 Å². The van der Waals surface area contributed by atoms with Crippen LogP contribution in [0, 0.1) is 0 Å². The second-order valence-corrected chi connectivity index (χ2v) is 19.7. The second kappa shape index (κ2) is 14.7. The largest absolute Gasteiger partial charge is 0.460 e. The molecule has 0 fully saturated rings. The zero-order valence-electron chi connectivity index (χ0n) is 19.5. The van der Waals surface area contributed by atoms with Crippen LogP contribution in [0.15, 0.2) is 12.2 Å². The van der Waals surface area contributed by atoms with Gasteiger partial charge in [-0.2, -0.15) is 0 Å². The van der Waals surface area contributed by atoms with E-state index in [0.717, 1.165) is 34.8 Å². The summed E-state index contributed by atoms with van der Waals surface area (Å²) in [5.74, 6) is -0.488. The van der Waals surface area contributed by atoms with Gasteiger partial charge in [-0.25, -0.2) is 4.79 Å². The summed E-state index contributed by atoms with van der Waals surface area (Å²) in [6, 6.07) is 2.30. The highest BCUT2D eigenvalue weighted by atomic mass is 28.4. The van der Waals surface area contributed by atoms with E-state index >= 15 is 0 Å². The molecule has 0 heterocycles. The number of carbonyl (C=O) groups is 1. The minimum Gasteiger partial charge on any atom is -0.460 e. The van der Waals surface area contributed by atoms with Gasteiger partial charge in [-0.3, -0.25) is 0 Å². The molecule has 1 atom stereocenters. The lowest BCUT2D eigenvalue weighted by Gasteiger charge is -2.31. The van der Waals surface area contributed by atoms with E-state index in [-0.39, 0.29) is 19.5 Å². The van der Waals surface area contributed by atoms with Crippen molar-refractivity contribution in [3.05, 3.63) is 12.2 Å². The first-order chi connectivity index (χ1) is 13.3. The van der Waals surface area contributed by atoms with Gasteiger partial charge >= 0.3 is 5.97 Å². The number of ether oxygens (including phenoxy) is 2. The van der Waals surface area contributed by atoms with Gasteiger partial charge in [0.25, 0.3) is 0 Å². The van der Waals surface area contributed by atoms with Crippen molar-refractivity contribution in [1.29, 1.82) is 0 Å². The van der Waals surface area contributed by atoms with Crippen LogP contribution in [0.5, 0.6) is 0 Å². The van der Waals surface area contributed by atoms with E-state index < -0.39 is 28.7 Å². The van der Waals surface area contributed by atoms with E-state index in [1.54, 1.807) is 6.92 Å². The van der Waals surface area contributed by atoms with Crippen molar-refractivity contribution < 1.29 is 28.2 Å². The molecule has 0 bridgehead atoms. The van der Waals surface area contributed by atoms with Crippen LogP contribution in [0.3, 0.4) is 0 Å². The van der Waals surface area contributed by atoms with Gasteiger partial charge < -0.3 is 23.4 Å². The Labute approximate surface area is 182 Å². The molecule has 0 aromatic rings. The van der Waals surface area contributed by atoms with E-state index in [4.69, 9.17) is 18.3 Å². The maximum Gasteiger partial charge on any atom is 0.333 e. The number of carbonyl (C=O) groups excluding carboxylic acids is 1. The normalized spacial score (nSPS) is 13.6. The Morgan fingerprint density at radius 1 is 1.00 bits per heavy atom. The number of hydrogen-bond donors (Lipinski definition) is 1. The van der Waals surface area contributed by atoms with E-state index in [1.165, 1.54) is 6.04 Å². The quantitative estimate of drug-likeness (QED) is 0.115. The number of esters is 1. The third-order valence-corrected chi connectivity index (χ3v) is 6.83. The summed E-state index contributed by atoms with van der Waals surface area (Å²) in [4.78, 5) is 11.2. The van der Waals surface area contributed by atoms with Gasteiger partial charge in [0.15, 0.2) is 16.6 Å². The van der Waals surface area contributed by atoms with Crippen LogP contribution >= 0.6 is 0 Å². The minimum absolute atomic E-state index is 0.0538. The average Bonchev–Trinajstić information content (AvgIpc) is 2.54. The smallest absolute Gasteiger partial charge is 0.333 e. The maximum atomic E-state index is 11.2. The van der Waals surface area contributed by atoms with Crippen LogP contribution in [-0.2, 0) is 23.1 Å². The first kappa shape index (κ1) is 28.7. The molecule has 29 heavy (non-hydrogen) atoms. The molecule has 1 unspecified atom stereocenters. The first-order valence-electron chi connectivity index (χ1n) is 10.4. The highest BCUT2D eigenvalue weighted by Gasteiger charge is 2.26. The Morgan fingerprint density at radius 3 is 2.07 bits per heavy atom. The van der Waals surface area contributed by atoms with Crippen LogP contribution in [0.2, 0.25) is 51.4 Å². The summed E-state index contributed by atoms with van der Waals surface area (Å²) in [5.41, 5.74) is 0.324. The summed E-state index contributed by atoms with van der Waals surface area (Å²) in [7, 11) is -2.32. The lowest BCUT2D eigenvalue weighted by Crippen LogP contribution is -2.39. The molecular weight excluding hydrogens is 420 g/mol. The van der Waals surface area contributed by atoms with Crippen LogP contribution < -0.4 is 0 Å². The monoisotopic (exact) mass is 462 g/mol. The lowest BCUT2D eigenvalue weighted by atomic mass is 10.3.